The summed E-state index contributed by atoms with van der Waals surface area (Å²) >= 11 is 12.4. The van der Waals surface area contributed by atoms with Gasteiger partial charge in [0.15, 0.2) is 5.76 Å². The van der Waals surface area contributed by atoms with Crippen LogP contribution in [0.25, 0.3) is 0 Å². The summed E-state index contributed by atoms with van der Waals surface area (Å²) in [5.41, 5.74) is 8.55. The molecule has 0 saturated carbocycles. The van der Waals surface area contributed by atoms with Gasteiger partial charge in [-0.05, 0) is 23.3 Å². The summed E-state index contributed by atoms with van der Waals surface area (Å²) < 4.78 is 5.56. The van der Waals surface area contributed by atoms with Gasteiger partial charge in [0.25, 0.3) is 5.91 Å². The van der Waals surface area contributed by atoms with Crippen LogP contribution in [-0.2, 0) is 16.1 Å². The first-order valence-corrected chi connectivity index (χ1v) is 9.34. The summed E-state index contributed by atoms with van der Waals surface area (Å²) in [5.74, 6) is -0.715. The van der Waals surface area contributed by atoms with Crippen LogP contribution >= 0.6 is 23.2 Å². The summed E-state index contributed by atoms with van der Waals surface area (Å²) in [6.45, 7) is 0.754. The van der Waals surface area contributed by atoms with E-state index in [1.165, 1.54) is 0 Å². The number of benzene rings is 2. The van der Waals surface area contributed by atoms with Crippen molar-refractivity contribution in [1.29, 1.82) is 5.26 Å². The van der Waals surface area contributed by atoms with E-state index >= 15 is 0 Å². The Labute approximate surface area is 172 Å². The maximum absolute atomic E-state index is 12.9. The smallest absolute Gasteiger partial charge is 0.290 e. The molecule has 0 aliphatic carbocycles. The summed E-state index contributed by atoms with van der Waals surface area (Å²) in [4.78, 5) is 14.6. The third kappa shape index (κ3) is 3.11. The molecule has 4 rings (SSSR count). The topological polar surface area (TPSA) is 79.4 Å². The van der Waals surface area contributed by atoms with Crippen molar-refractivity contribution in [2.75, 3.05) is 6.54 Å². The Kier molecular flexibility index (Phi) is 4.76. The molecule has 1 atom stereocenters. The largest absolute Gasteiger partial charge is 0.435 e. The van der Waals surface area contributed by atoms with Crippen LogP contribution < -0.4 is 5.73 Å². The van der Waals surface area contributed by atoms with Crippen molar-refractivity contribution in [1.82, 2.24) is 4.90 Å². The molecule has 2 heterocycles. The standard InChI is InChI=1S/C21H15Cl2N3O2/c22-13-6-7-14(17(23)8-13)18-15(9-24)20(25)28-19-16(18)11-26(21(19)27)10-12-4-2-1-3-5-12/h1-8,18H,10-11,25H2. The molecule has 2 N–H and O–H groups in total. The number of hydrogen-bond donors (Lipinski definition) is 1. The first-order chi connectivity index (χ1) is 13.5. The molecular formula is C21H15Cl2N3O2. The first-order valence-electron chi connectivity index (χ1n) is 8.58. The maximum atomic E-state index is 12.9. The molecule has 2 aliphatic rings. The molecule has 0 spiro atoms. The van der Waals surface area contributed by atoms with Crippen LogP contribution in [0, 0.1) is 11.3 Å². The molecule has 0 radical (unpaired) electrons. The first kappa shape index (κ1) is 18.4. The minimum absolute atomic E-state index is 0.0767. The number of allylic oxidation sites excluding steroid dienone is 1. The van der Waals surface area contributed by atoms with E-state index in [1.807, 2.05) is 30.3 Å². The third-order valence-corrected chi connectivity index (χ3v) is 5.42. The van der Waals surface area contributed by atoms with Crippen molar-refractivity contribution in [3.05, 3.63) is 92.5 Å². The van der Waals surface area contributed by atoms with Gasteiger partial charge in [-0.25, -0.2) is 0 Å². The zero-order chi connectivity index (χ0) is 19.8. The lowest BCUT2D eigenvalue weighted by Crippen LogP contribution is -2.27. The van der Waals surface area contributed by atoms with Crippen LogP contribution in [0.15, 0.2) is 71.3 Å². The Bertz CT molecular complexity index is 1070. The molecule has 0 fully saturated rings. The van der Waals surface area contributed by atoms with E-state index in [2.05, 4.69) is 6.07 Å². The number of nitrogens with zero attached hydrogens (tertiary/aromatic N) is 2. The van der Waals surface area contributed by atoms with E-state index in [9.17, 15) is 10.1 Å². The number of carbonyl (C=O) groups is 1. The Morgan fingerprint density at radius 2 is 1.96 bits per heavy atom. The van der Waals surface area contributed by atoms with Crippen molar-refractivity contribution in [2.24, 2.45) is 5.73 Å². The van der Waals surface area contributed by atoms with Gasteiger partial charge >= 0.3 is 0 Å². The van der Waals surface area contributed by atoms with E-state index in [0.29, 0.717) is 34.3 Å². The van der Waals surface area contributed by atoms with E-state index in [1.54, 1.807) is 23.1 Å². The number of nitriles is 1. The van der Waals surface area contributed by atoms with Gasteiger partial charge in [0.05, 0.1) is 5.92 Å². The van der Waals surface area contributed by atoms with Crippen molar-refractivity contribution in [2.45, 2.75) is 12.5 Å². The van der Waals surface area contributed by atoms with Crippen LogP contribution in [0.4, 0.5) is 0 Å². The number of rotatable bonds is 3. The average molecular weight is 412 g/mol. The number of hydrogen-bond acceptors (Lipinski definition) is 4. The molecule has 0 bridgehead atoms. The lowest BCUT2D eigenvalue weighted by molar-refractivity contribution is -0.128. The van der Waals surface area contributed by atoms with Crippen molar-refractivity contribution < 1.29 is 9.53 Å². The molecular weight excluding hydrogens is 397 g/mol. The van der Waals surface area contributed by atoms with Crippen molar-refractivity contribution in [3.63, 3.8) is 0 Å². The predicted octanol–water partition coefficient (Wildman–Crippen LogP) is 4.10. The Balaban J connectivity index is 1.74. The van der Waals surface area contributed by atoms with E-state index in [4.69, 9.17) is 33.7 Å². The Morgan fingerprint density at radius 1 is 1.21 bits per heavy atom. The molecule has 2 aromatic carbocycles. The number of ether oxygens (including phenoxy) is 1. The minimum Gasteiger partial charge on any atom is -0.435 e. The van der Waals surface area contributed by atoms with Crippen LogP contribution in [0.3, 0.4) is 0 Å². The lowest BCUT2D eigenvalue weighted by atomic mass is 9.83. The van der Waals surface area contributed by atoms with Crippen LogP contribution in [0.5, 0.6) is 0 Å². The van der Waals surface area contributed by atoms with Crippen LogP contribution in [0.2, 0.25) is 10.0 Å². The molecule has 0 saturated heterocycles. The fourth-order valence-corrected chi connectivity index (χ4v) is 4.09. The molecule has 28 heavy (non-hydrogen) atoms. The fourth-order valence-electron chi connectivity index (χ4n) is 3.57. The van der Waals surface area contributed by atoms with Crippen molar-refractivity contribution >= 4 is 29.1 Å². The van der Waals surface area contributed by atoms with E-state index in [-0.39, 0.29) is 23.1 Å². The third-order valence-electron chi connectivity index (χ3n) is 4.86. The van der Waals surface area contributed by atoms with Gasteiger partial charge in [0, 0.05) is 28.7 Å². The minimum atomic E-state index is -0.553. The lowest BCUT2D eigenvalue weighted by Gasteiger charge is -2.25. The summed E-state index contributed by atoms with van der Waals surface area (Å²) in [7, 11) is 0. The maximum Gasteiger partial charge on any atom is 0.290 e. The van der Waals surface area contributed by atoms with Gasteiger partial charge < -0.3 is 15.4 Å². The highest BCUT2D eigenvalue weighted by Crippen LogP contribution is 2.45. The van der Waals surface area contributed by atoms with Gasteiger partial charge in [-0.2, -0.15) is 5.26 Å². The second-order valence-corrected chi connectivity index (χ2v) is 7.44. The van der Waals surface area contributed by atoms with E-state index in [0.717, 1.165) is 5.56 Å². The molecule has 2 aromatic rings. The summed E-state index contributed by atoms with van der Waals surface area (Å²) in [6, 6.07) is 16.8. The molecule has 1 amide bonds. The molecule has 1 unspecified atom stereocenters. The number of amides is 1. The highest BCUT2D eigenvalue weighted by atomic mass is 35.5. The van der Waals surface area contributed by atoms with Crippen LogP contribution in [0.1, 0.15) is 17.0 Å². The second-order valence-electron chi connectivity index (χ2n) is 6.59. The second kappa shape index (κ2) is 7.23. The Morgan fingerprint density at radius 3 is 2.64 bits per heavy atom. The van der Waals surface area contributed by atoms with E-state index < -0.39 is 5.92 Å². The monoisotopic (exact) mass is 411 g/mol. The van der Waals surface area contributed by atoms with Gasteiger partial charge in [-0.1, -0.05) is 59.6 Å². The van der Waals surface area contributed by atoms with Gasteiger partial charge in [0.2, 0.25) is 5.88 Å². The van der Waals surface area contributed by atoms with Gasteiger partial charge in [0.1, 0.15) is 11.6 Å². The summed E-state index contributed by atoms with van der Waals surface area (Å²) in [5, 5.41) is 10.6. The molecule has 7 heteroatoms. The van der Waals surface area contributed by atoms with Gasteiger partial charge in [-0.3, -0.25) is 4.79 Å². The highest BCUT2D eigenvalue weighted by molar-refractivity contribution is 6.35. The average Bonchev–Trinajstić information content (AvgIpc) is 2.97. The molecule has 2 aliphatic heterocycles. The van der Waals surface area contributed by atoms with Crippen LogP contribution in [-0.4, -0.2) is 17.4 Å². The number of halogens is 2. The number of carbonyl (C=O) groups excluding carboxylic acids is 1. The Hall–Kier alpha value is -2.94. The highest BCUT2D eigenvalue weighted by Gasteiger charge is 2.43. The number of nitrogens with two attached hydrogens (primary N) is 1. The predicted molar refractivity (Wildman–Crippen MR) is 106 cm³/mol. The molecule has 5 nitrogen and oxygen atoms in total. The normalized spacial score (nSPS) is 18.8. The van der Waals surface area contributed by atoms with Crippen molar-refractivity contribution in [3.8, 4) is 6.07 Å². The fraction of sp³-hybridized carbons (Fsp3) is 0.143. The quantitative estimate of drug-likeness (QED) is 0.824. The summed E-state index contributed by atoms with van der Waals surface area (Å²) in [6.07, 6.45) is 0. The van der Waals surface area contributed by atoms with Gasteiger partial charge in [-0.15, -0.1) is 0 Å². The zero-order valence-corrected chi connectivity index (χ0v) is 16.2. The molecule has 140 valence electrons. The molecule has 0 aromatic heterocycles. The SMILES string of the molecule is N#CC1=C(N)OC2=C(CN(Cc3ccccc3)C2=O)C1c1ccc(Cl)cc1Cl. The zero-order valence-electron chi connectivity index (χ0n) is 14.7.